The SMILES string of the molecule is [C-]#[N+]c1ccc(C(=O)Cl)cc1C. The summed E-state index contributed by atoms with van der Waals surface area (Å²) in [6.45, 7) is 8.54. The molecule has 0 radical (unpaired) electrons. The molecule has 0 bridgehead atoms. The van der Waals surface area contributed by atoms with Crippen LogP contribution in [0.1, 0.15) is 15.9 Å². The minimum absolute atomic E-state index is 0.432. The summed E-state index contributed by atoms with van der Waals surface area (Å²) < 4.78 is 0. The molecule has 0 aliphatic heterocycles. The second-order valence-electron chi connectivity index (χ2n) is 2.39. The Morgan fingerprint density at radius 3 is 2.67 bits per heavy atom. The third-order valence-electron chi connectivity index (χ3n) is 1.54. The van der Waals surface area contributed by atoms with Crippen molar-refractivity contribution in [3.05, 3.63) is 40.7 Å². The van der Waals surface area contributed by atoms with E-state index in [4.69, 9.17) is 18.2 Å². The van der Waals surface area contributed by atoms with Gasteiger partial charge in [0.25, 0.3) is 5.24 Å². The molecule has 0 aromatic heterocycles. The topological polar surface area (TPSA) is 21.4 Å². The van der Waals surface area contributed by atoms with Gasteiger partial charge in [0, 0.05) is 5.56 Å². The van der Waals surface area contributed by atoms with Gasteiger partial charge in [-0.1, -0.05) is 18.2 Å². The van der Waals surface area contributed by atoms with Gasteiger partial charge in [0.05, 0.1) is 6.57 Å². The summed E-state index contributed by atoms with van der Waals surface area (Å²) in [5.41, 5.74) is 1.76. The Morgan fingerprint density at radius 1 is 1.58 bits per heavy atom. The van der Waals surface area contributed by atoms with Gasteiger partial charge >= 0.3 is 0 Å². The van der Waals surface area contributed by atoms with Crippen molar-refractivity contribution in [1.29, 1.82) is 0 Å². The fourth-order valence-electron chi connectivity index (χ4n) is 0.903. The van der Waals surface area contributed by atoms with Crippen LogP contribution in [0.15, 0.2) is 18.2 Å². The fourth-order valence-corrected chi connectivity index (χ4v) is 1.02. The first-order chi connectivity index (χ1) is 5.65. The molecule has 1 aromatic rings. The van der Waals surface area contributed by atoms with E-state index >= 15 is 0 Å². The van der Waals surface area contributed by atoms with E-state index in [0.717, 1.165) is 5.56 Å². The number of hydrogen-bond donors (Lipinski definition) is 0. The van der Waals surface area contributed by atoms with E-state index < -0.39 is 5.24 Å². The summed E-state index contributed by atoms with van der Waals surface area (Å²) in [5.74, 6) is 0. The van der Waals surface area contributed by atoms with Gasteiger partial charge in [-0.25, -0.2) is 4.85 Å². The van der Waals surface area contributed by atoms with Gasteiger partial charge < -0.3 is 0 Å². The molecule has 0 aliphatic carbocycles. The number of nitrogens with zero attached hydrogens (tertiary/aromatic N) is 1. The molecule has 0 atom stereocenters. The van der Waals surface area contributed by atoms with E-state index in [1.54, 1.807) is 25.1 Å². The lowest BCUT2D eigenvalue weighted by Crippen LogP contribution is -1.88. The van der Waals surface area contributed by atoms with Crippen molar-refractivity contribution in [3.8, 4) is 0 Å². The molecule has 0 fully saturated rings. The summed E-state index contributed by atoms with van der Waals surface area (Å²) in [6, 6.07) is 4.76. The molecule has 0 aliphatic rings. The minimum Gasteiger partial charge on any atom is -0.276 e. The van der Waals surface area contributed by atoms with E-state index in [9.17, 15) is 4.79 Å². The third-order valence-corrected chi connectivity index (χ3v) is 1.76. The first kappa shape index (κ1) is 8.76. The molecular weight excluding hydrogens is 174 g/mol. The monoisotopic (exact) mass is 179 g/mol. The fraction of sp³-hybridized carbons (Fsp3) is 0.111. The van der Waals surface area contributed by atoms with E-state index in [1.807, 2.05) is 0 Å². The van der Waals surface area contributed by atoms with Crippen LogP contribution in [0.5, 0.6) is 0 Å². The molecule has 0 amide bonds. The molecule has 60 valence electrons. The zero-order valence-corrected chi connectivity index (χ0v) is 7.22. The van der Waals surface area contributed by atoms with Gasteiger partial charge in [-0.05, 0) is 24.1 Å². The molecule has 0 saturated carbocycles. The Bertz CT molecular complexity index is 365. The Hall–Kier alpha value is -1.33. The molecular formula is C9H6ClNO. The van der Waals surface area contributed by atoms with Crippen LogP contribution < -0.4 is 0 Å². The number of aryl methyl sites for hydroxylation is 1. The lowest BCUT2D eigenvalue weighted by molar-refractivity contribution is 0.108. The zero-order chi connectivity index (χ0) is 9.14. The predicted octanol–water partition coefficient (Wildman–Crippen LogP) is 2.92. The number of carbonyl (C=O) groups is 1. The third kappa shape index (κ3) is 1.63. The first-order valence-corrected chi connectivity index (χ1v) is 3.71. The largest absolute Gasteiger partial charge is 0.276 e. The lowest BCUT2D eigenvalue weighted by Gasteiger charge is -1.97. The van der Waals surface area contributed by atoms with Crippen molar-refractivity contribution >= 4 is 22.5 Å². The highest BCUT2D eigenvalue weighted by Crippen LogP contribution is 2.20. The summed E-state index contributed by atoms with van der Waals surface area (Å²) in [4.78, 5) is 14.0. The van der Waals surface area contributed by atoms with Crippen molar-refractivity contribution in [2.75, 3.05) is 0 Å². The minimum atomic E-state index is -0.491. The van der Waals surface area contributed by atoms with Crippen LogP contribution in [0, 0.1) is 13.5 Å². The van der Waals surface area contributed by atoms with Crippen molar-refractivity contribution < 1.29 is 4.79 Å². The maximum atomic E-state index is 10.7. The number of rotatable bonds is 1. The zero-order valence-electron chi connectivity index (χ0n) is 6.47. The molecule has 0 saturated heterocycles. The van der Waals surface area contributed by atoms with Crippen molar-refractivity contribution in [2.24, 2.45) is 0 Å². The Labute approximate surface area is 75.6 Å². The highest BCUT2D eigenvalue weighted by molar-refractivity contribution is 6.67. The van der Waals surface area contributed by atoms with Crippen molar-refractivity contribution in [1.82, 2.24) is 0 Å². The van der Waals surface area contributed by atoms with Crippen molar-refractivity contribution in [2.45, 2.75) is 6.92 Å². The molecule has 0 N–H and O–H groups in total. The molecule has 0 spiro atoms. The number of carbonyl (C=O) groups excluding carboxylic acids is 1. The molecule has 1 aromatic carbocycles. The number of hydrogen-bond acceptors (Lipinski definition) is 1. The van der Waals surface area contributed by atoms with Crippen LogP contribution >= 0.6 is 11.6 Å². The first-order valence-electron chi connectivity index (χ1n) is 3.33. The van der Waals surface area contributed by atoms with Gasteiger partial charge in [0.15, 0.2) is 5.69 Å². The second kappa shape index (κ2) is 3.38. The molecule has 1 rings (SSSR count). The van der Waals surface area contributed by atoms with Gasteiger partial charge in [-0.15, -0.1) is 0 Å². The number of halogens is 1. The lowest BCUT2D eigenvalue weighted by atomic mass is 10.1. The van der Waals surface area contributed by atoms with Crippen LogP contribution in [0.4, 0.5) is 5.69 Å². The molecule has 2 nitrogen and oxygen atoms in total. The summed E-state index contributed by atoms with van der Waals surface area (Å²) in [6.07, 6.45) is 0. The normalized spacial score (nSPS) is 9.08. The smallest absolute Gasteiger partial charge is 0.252 e. The summed E-state index contributed by atoms with van der Waals surface area (Å²) >= 11 is 5.25. The second-order valence-corrected chi connectivity index (χ2v) is 2.73. The highest BCUT2D eigenvalue weighted by atomic mass is 35.5. The summed E-state index contributed by atoms with van der Waals surface area (Å²) in [7, 11) is 0. The van der Waals surface area contributed by atoms with Crippen LogP contribution in [-0.4, -0.2) is 5.24 Å². The van der Waals surface area contributed by atoms with E-state index in [2.05, 4.69) is 4.85 Å². The molecule has 0 heterocycles. The predicted molar refractivity (Wildman–Crippen MR) is 47.6 cm³/mol. The van der Waals surface area contributed by atoms with Crippen LogP contribution in [0.25, 0.3) is 4.85 Å². The Kier molecular flexibility index (Phi) is 2.47. The molecule has 0 unspecified atom stereocenters. The Morgan fingerprint density at radius 2 is 2.25 bits per heavy atom. The van der Waals surface area contributed by atoms with Gasteiger partial charge in [0.1, 0.15) is 0 Å². The highest BCUT2D eigenvalue weighted by Gasteiger charge is 2.03. The standard InChI is InChI=1S/C9H6ClNO/c1-6-5-7(9(10)12)3-4-8(6)11-2/h3-5H,1H3. The maximum absolute atomic E-state index is 10.7. The van der Waals surface area contributed by atoms with E-state index in [1.165, 1.54) is 0 Å². The van der Waals surface area contributed by atoms with Gasteiger partial charge in [0.2, 0.25) is 0 Å². The summed E-state index contributed by atoms with van der Waals surface area (Å²) in [5, 5.41) is -0.491. The van der Waals surface area contributed by atoms with Gasteiger partial charge in [-0.3, -0.25) is 4.79 Å². The quantitative estimate of drug-likeness (QED) is 0.480. The molecule has 12 heavy (non-hydrogen) atoms. The number of benzene rings is 1. The average molecular weight is 180 g/mol. The van der Waals surface area contributed by atoms with E-state index in [-0.39, 0.29) is 0 Å². The van der Waals surface area contributed by atoms with Crippen LogP contribution in [0.3, 0.4) is 0 Å². The van der Waals surface area contributed by atoms with Gasteiger partial charge in [-0.2, -0.15) is 0 Å². The van der Waals surface area contributed by atoms with Crippen LogP contribution in [-0.2, 0) is 0 Å². The van der Waals surface area contributed by atoms with E-state index in [0.29, 0.717) is 11.3 Å². The maximum Gasteiger partial charge on any atom is 0.252 e. The van der Waals surface area contributed by atoms with Crippen LogP contribution in [0.2, 0.25) is 0 Å². The molecule has 3 heteroatoms. The van der Waals surface area contributed by atoms with Crippen molar-refractivity contribution in [3.63, 3.8) is 0 Å². The Balaban J connectivity index is 3.21. The average Bonchev–Trinajstić information content (AvgIpc) is 2.04.